The van der Waals surface area contributed by atoms with Crippen LogP contribution in [-0.4, -0.2) is 33.9 Å². The van der Waals surface area contributed by atoms with Crippen LogP contribution in [0.4, 0.5) is 30.1 Å². The Kier molecular flexibility index (Phi) is 5.39. The van der Waals surface area contributed by atoms with Gasteiger partial charge >= 0.3 is 18.7 Å². The van der Waals surface area contributed by atoms with Gasteiger partial charge in [0.1, 0.15) is 11.4 Å². The number of aromatic nitrogens is 3. The number of carbonyl (C=O) groups is 2. The molecule has 2 rings (SSSR count). The van der Waals surface area contributed by atoms with E-state index in [1.807, 2.05) is 0 Å². The molecule has 8 N–H and O–H groups in total. The number of alkyl halides is 2. The molecule has 1 aromatic carbocycles. The lowest BCUT2D eigenvalue weighted by Crippen LogP contribution is -2.45. The maximum atomic E-state index is 12.6. The van der Waals surface area contributed by atoms with Crippen molar-refractivity contribution in [2.75, 3.05) is 10.0 Å². The molecule has 0 bridgehead atoms. The van der Waals surface area contributed by atoms with Crippen LogP contribution in [0.1, 0.15) is 0 Å². The molecule has 0 aliphatic carbocycles. The molecule has 0 atom stereocenters. The predicted molar refractivity (Wildman–Crippen MR) is 84.4 cm³/mol. The third-order valence-electron chi connectivity index (χ3n) is 2.93. The number of amides is 4. The fourth-order valence-corrected chi connectivity index (χ4v) is 1.82. The van der Waals surface area contributed by atoms with Gasteiger partial charge in [0.05, 0.1) is 0 Å². The van der Waals surface area contributed by atoms with Crippen LogP contribution in [0.3, 0.4) is 0 Å². The molecule has 14 heteroatoms. The topological polar surface area (TPSA) is 193 Å². The molecule has 1 aromatic heterocycles. The number of urea groups is 2. The molecule has 2 aromatic rings. The van der Waals surface area contributed by atoms with E-state index in [9.17, 15) is 18.4 Å². The Morgan fingerprint density at radius 3 is 2.23 bits per heavy atom. The zero-order valence-corrected chi connectivity index (χ0v) is 12.9. The first-order valence-corrected chi connectivity index (χ1v) is 6.69. The first kappa shape index (κ1) is 18.7. The van der Waals surface area contributed by atoms with Gasteiger partial charge in [-0.1, -0.05) is 12.1 Å². The quantitative estimate of drug-likeness (QED) is 0.312. The number of nitrogens with two attached hydrogens (primary N) is 4. The van der Waals surface area contributed by atoms with Crippen LogP contribution >= 0.6 is 0 Å². The molecule has 0 unspecified atom stereocenters. The maximum Gasteiger partial charge on any atom is 0.387 e. The Morgan fingerprint density at radius 1 is 1.04 bits per heavy atom. The average molecular weight is 369 g/mol. The minimum absolute atomic E-state index is 0.0197. The summed E-state index contributed by atoms with van der Waals surface area (Å²) in [6, 6.07) is 3.19. The fourth-order valence-electron chi connectivity index (χ4n) is 1.82. The van der Waals surface area contributed by atoms with Crippen molar-refractivity contribution in [3.05, 3.63) is 24.3 Å². The highest BCUT2D eigenvalue weighted by Crippen LogP contribution is 2.34. The highest BCUT2D eigenvalue weighted by molar-refractivity contribution is 5.94. The Morgan fingerprint density at radius 2 is 1.65 bits per heavy atom. The molecule has 26 heavy (non-hydrogen) atoms. The summed E-state index contributed by atoms with van der Waals surface area (Å²) in [5, 5.41) is 7.98. The van der Waals surface area contributed by atoms with Gasteiger partial charge in [-0.2, -0.15) is 18.8 Å². The summed E-state index contributed by atoms with van der Waals surface area (Å²) in [5.74, 6) is 9.67. The Bertz CT molecular complexity index is 835. The number of anilines is 2. The zero-order valence-electron chi connectivity index (χ0n) is 12.9. The van der Waals surface area contributed by atoms with Crippen LogP contribution in [0, 0.1) is 0 Å². The number of ether oxygens (including phenoxy) is 1. The molecule has 0 spiro atoms. The van der Waals surface area contributed by atoms with Crippen molar-refractivity contribution >= 4 is 23.8 Å². The van der Waals surface area contributed by atoms with Crippen molar-refractivity contribution in [2.24, 2.45) is 23.2 Å². The Hall–Kier alpha value is -3.65. The molecular formula is C12H13F2N9O3. The van der Waals surface area contributed by atoms with E-state index >= 15 is 0 Å². The van der Waals surface area contributed by atoms with Gasteiger partial charge in [-0.05, 0) is 12.1 Å². The molecule has 1 heterocycles. The lowest BCUT2D eigenvalue weighted by atomic mass is 10.1. The summed E-state index contributed by atoms with van der Waals surface area (Å²) >= 11 is 0. The predicted octanol–water partition coefficient (Wildman–Crippen LogP) is -0.342. The van der Waals surface area contributed by atoms with Crippen LogP contribution in [0.5, 0.6) is 5.75 Å². The molecule has 4 amide bonds. The number of hydrazine groups is 2. The van der Waals surface area contributed by atoms with E-state index in [2.05, 4.69) is 19.9 Å². The number of rotatable bonds is 5. The second-order valence-electron chi connectivity index (χ2n) is 4.58. The lowest BCUT2D eigenvalue weighted by molar-refractivity contribution is -0.0494. The summed E-state index contributed by atoms with van der Waals surface area (Å²) in [5.41, 5.74) is 9.85. The Labute approximate surface area is 144 Å². The van der Waals surface area contributed by atoms with E-state index in [0.29, 0.717) is 10.0 Å². The van der Waals surface area contributed by atoms with Gasteiger partial charge in [0.25, 0.3) is 5.95 Å². The van der Waals surface area contributed by atoms with Gasteiger partial charge in [0.2, 0.25) is 0 Å². The highest BCUT2D eigenvalue weighted by atomic mass is 19.3. The largest absolute Gasteiger partial charge is 0.434 e. The number of para-hydroxylation sites is 1. The number of hydrogen-bond acceptors (Lipinski definition) is 8. The van der Waals surface area contributed by atoms with E-state index < -0.39 is 30.4 Å². The van der Waals surface area contributed by atoms with Crippen LogP contribution in [0.2, 0.25) is 0 Å². The van der Waals surface area contributed by atoms with Crippen molar-refractivity contribution < 1.29 is 23.1 Å². The van der Waals surface area contributed by atoms with Crippen molar-refractivity contribution in [1.82, 2.24) is 15.2 Å². The van der Waals surface area contributed by atoms with Crippen molar-refractivity contribution in [2.45, 2.75) is 6.61 Å². The van der Waals surface area contributed by atoms with Gasteiger partial charge in [-0.3, -0.25) is 0 Å². The fraction of sp³-hybridized carbons (Fsp3) is 0.0833. The average Bonchev–Trinajstić information content (AvgIpc) is 2.59. The first-order chi connectivity index (χ1) is 12.2. The number of primary amides is 2. The lowest BCUT2D eigenvalue weighted by Gasteiger charge is -2.19. The summed E-state index contributed by atoms with van der Waals surface area (Å²) in [6.45, 7) is -3.13. The van der Waals surface area contributed by atoms with Gasteiger partial charge in [-0.15, -0.1) is 10.2 Å². The van der Waals surface area contributed by atoms with E-state index in [4.69, 9.17) is 23.2 Å². The van der Waals surface area contributed by atoms with Crippen LogP contribution in [0.15, 0.2) is 24.3 Å². The number of benzene rings is 1. The monoisotopic (exact) mass is 369 g/mol. The third-order valence-corrected chi connectivity index (χ3v) is 2.93. The van der Waals surface area contributed by atoms with Gasteiger partial charge < -0.3 is 16.2 Å². The molecular weight excluding hydrogens is 356 g/mol. The first-order valence-electron chi connectivity index (χ1n) is 6.69. The van der Waals surface area contributed by atoms with Crippen LogP contribution in [-0.2, 0) is 0 Å². The molecule has 0 aliphatic rings. The summed E-state index contributed by atoms with van der Waals surface area (Å²) < 4.78 is 29.6. The molecule has 0 fully saturated rings. The number of carbonyl (C=O) groups excluding carboxylic acids is 2. The SMILES string of the molecule is NC(=O)N(N)c1nnc(-c2ccccc2OC(F)F)c(N(N)C(N)=O)n1. The van der Waals surface area contributed by atoms with E-state index in [1.165, 1.54) is 24.3 Å². The molecule has 0 aliphatic heterocycles. The highest BCUT2D eigenvalue weighted by Gasteiger charge is 2.24. The van der Waals surface area contributed by atoms with Gasteiger partial charge in [-0.25, -0.2) is 26.3 Å². The summed E-state index contributed by atoms with van der Waals surface area (Å²) in [4.78, 5) is 26.3. The van der Waals surface area contributed by atoms with Crippen LogP contribution in [0.25, 0.3) is 11.3 Å². The van der Waals surface area contributed by atoms with Crippen LogP contribution < -0.4 is 37.9 Å². The number of hydrogen-bond donors (Lipinski definition) is 4. The normalized spacial score (nSPS) is 10.5. The van der Waals surface area contributed by atoms with Crippen molar-refractivity contribution in [1.29, 1.82) is 0 Å². The number of nitrogens with zero attached hydrogens (tertiary/aromatic N) is 5. The summed E-state index contributed by atoms with van der Waals surface area (Å²) in [7, 11) is 0. The minimum Gasteiger partial charge on any atom is -0.434 e. The minimum atomic E-state index is -3.13. The van der Waals surface area contributed by atoms with Crippen molar-refractivity contribution in [3.8, 4) is 17.0 Å². The van der Waals surface area contributed by atoms with Gasteiger partial charge in [0, 0.05) is 5.56 Å². The van der Waals surface area contributed by atoms with Gasteiger partial charge in [0.15, 0.2) is 5.82 Å². The molecule has 0 saturated heterocycles. The zero-order chi connectivity index (χ0) is 19.4. The maximum absolute atomic E-state index is 12.6. The smallest absolute Gasteiger partial charge is 0.387 e. The number of halogens is 2. The summed E-state index contributed by atoms with van der Waals surface area (Å²) in [6.07, 6.45) is 0. The molecule has 138 valence electrons. The third kappa shape index (κ3) is 3.87. The molecule has 0 radical (unpaired) electrons. The molecule has 0 saturated carbocycles. The Balaban J connectivity index is 2.65. The van der Waals surface area contributed by atoms with E-state index in [-0.39, 0.29) is 17.0 Å². The second kappa shape index (κ2) is 7.49. The van der Waals surface area contributed by atoms with E-state index in [1.54, 1.807) is 0 Å². The second-order valence-corrected chi connectivity index (χ2v) is 4.58. The molecule has 12 nitrogen and oxygen atoms in total. The van der Waals surface area contributed by atoms with Crippen molar-refractivity contribution in [3.63, 3.8) is 0 Å². The van der Waals surface area contributed by atoms with E-state index in [0.717, 1.165) is 0 Å². The standard InChI is InChI=1S/C12H13F2N9O3/c13-9(14)26-6-4-2-1-3-5(6)7-8(22(17)10(15)24)19-12(21-20-7)23(18)11(16)25/h1-4,9H,17-18H2,(H2,15,24)(H2,16,25).